The molecule has 2 aromatic carbocycles. The van der Waals surface area contributed by atoms with Crippen LogP contribution in [0.15, 0.2) is 60.8 Å². The molecule has 3 aromatic rings. The van der Waals surface area contributed by atoms with Crippen LogP contribution in [-0.4, -0.2) is 21.8 Å². The molecule has 0 spiro atoms. The number of hydrogen-bond acceptors (Lipinski definition) is 3. The zero-order chi connectivity index (χ0) is 18.6. The third-order valence-corrected chi connectivity index (χ3v) is 4.90. The number of amides is 1. The minimum Gasteiger partial charge on any atom is -0.490 e. The summed E-state index contributed by atoms with van der Waals surface area (Å²) in [6.45, 7) is 1.99. The molecule has 1 amide bonds. The van der Waals surface area contributed by atoms with E-state index in [1.165, 1.54) is 12.8 Å². The largest absolute Gasteiger partial charge is 0.490 e. The van der Waals surface area contributed by atoms with Crippen molar-refractivity contribution in [2.45, 2.75) is 38.7 Å². The number of hydrogen-bond donors (Lipinski definition) is 1. The Morgan fingerprint density at radius 3 is 2.59 bits per heavy atom. The number of carbonyl (C=O) groups excluding carboxylic acids is 1. The van der Waals surface area contributed by atoms with Gasteiger partial charge in [-0.25, -0.2) is 4.68 Å². The zero-order valence-electron chi connectivity index (χ0n) is 15.4. The average Bonchev–Trinajstić information content (AvgIpc) is 3.34. The summed E-state index contributed by atoms with van der Waals surface area (Å²) in [5.74, 6) is 0.668. The van der Waals surface area contributed by atoms with Crippen LogP contribution in [0.25, 0.3) is 5.69 Å². The normalized spacial score (nSPS) is 14.3. The molecule has 1 fully saturated rings. The topological polar surface area (TPSA) is 56.2 Å². The van der Waals surface area contributed by atoms with Crippen molar-refractivity contribution >= 4 is 11.6 Å². The smallest absolute Gasteiger partial charge is 0.255 e. The predicted octanol–water partition coefficient (Wildman–Crippen LogP) is 4.75. The lowest BCUT2D eigenvalue weighted by Crippen LogP contribution is -2.13. The molecule has 0 bridgehead atoms. The first-order valence-electron chi connectivity index (χ1n) is 9.38. The van der Waals surface area contributed by atoms with Crippen LogP contribution in [-0.2, 0) is 0 Å². The highest BCUT2D eigenvalue weighted by Gasteiger charge is 2.16. The van der Waals surface area contributed by atoms with Gasteiger partial charge in [-0.05, 0) is 75.1 Å². The zero-order valence-corrected chi connectivity index (χ0v) is 15.4. The number of carbonyl (C=O) groups is 1. The van der Waals surface area contributed by atoms with Gasteiger partial charge in [0.05, 0.1) is 11.8 Å². The van der Waals surface area contributed by atoms with Gasteiger partial charge in [0.1, 0.15) is 5.75 Å². The molecule has 1 aliphatic carbocycles. The van der Waals surface area contributed by atoms with E-state index in [1.54, 1.807) is 6.20 Å². The summed E-state index contributed by atoms with van der Waals surface area (Å²) in [6.07, 6.45) is 6.74. The van der Waals surface area contributed by atoms with Gasteiger partial charge >= 0.3 is 0 Å². The Morgan fingerprint density at radius 2 is 1.89 bits per heavy atom. The molecule has 4 rings (SSSR count). The number of aromatic nitrogens is 2. The third kappa shape index (κ3) is 4.03. The molecule has 1 heterocycles. The first-order chi connectivity index (χ1) is 13.2. The molecule has 1 saturated carbocycles. The fourth-order valence-electron chi connectivity index (χ4n) is 3.44. The molecule has 1 aliphatic rings. The molecular weight excluding hydrogens is 338 g/mol. The van der Waals surface area contributed by atoms with Gasteiger partial charge in [0.15, 0.2) is 0 Å². The van der Waals surface area contributed by atoms with E-state index in [4.69, 9.17) is 4.74 Å². The van der Waals surface area contributed by atoms with Crippen molar-refractivity contribution in [2.75, 3.05) is 5.32 Å². The van der Waals surface area contributed by atoms with Crippen LogP contribution in [0.3, 0.4) is 0 Å². The summed E-state index contributed by atoms with van der Waals surface area (Å²) in [6, 6.07) is 17.0. The van der Waals surface area contributed by atoms with Crippen LogP contribution in [0.4, 0.5) is 5.69 Å². The van der Waals surface area contributed by atoms with Gasteiger partial charge in [-0.3, -0.25) is 4.79 Å². The Bertz CT molecular complexity index is 925. The van der Waals surface area contributed by atoms with E-state index in [1.807, 2.05) is 66.2 Å². The molecule has 138 valence electrons. The maximum atomic E-state index is 12.6. The van der Waals surface area contributed by atoms with Gasteiger partial charge in [-0.15, -0.1) is 0 Å². The predicted molar refractivity (Wildman–Crippen MR) is 106 cm³/mol. The van der Waals surface area contributed by atoms with Crippen LogP contribution in [0.5, 0.6) is 5.75 Å². The lowest BCUT2D eigenvalue weighted by molar-refractivity contribution is 0.102. The first kappa shape index (κ1) is 17.3. The molecule has 0 aliphatic heterocycles. The Balaban J connectivity index is 1.43. The SMILES string of the molecule is Cc1ccnn1-c1ccc(C(=O)Nc2cccc(OC3CCCC3)c2)cc1. The van der Waals surface area contributed by atoms with Gasteiger partial charge in [0.2, 0.25) is 0 Å². The molecule has 27 heavy (non-hydrogen) atoms. The Kier molecular flexibility index (Phi) is 4.92. The first-order valence-corrected chi connectivity index (χ1v) is 9.38. The van der Waals surface area contributed by atoms with E-state index < -0.39 is 0 Å². The number of benzene rings is 2. The van der Waals surface area contributed by atoms with Crippen molar-refractivity contribution in [3.8, 4) is 11.4 Å². The van der Waals surface area contributed by atoms with E-state index in [0.717, 1.165) is 35.7 Å². The second kappa shape index (κ2) is 7.66. The molecule has 5 nitrogen and oxygen atoms in total. The molecule has 0 unspecified atom stereocenters. The van der Waals surface area contributed by atoms with Gasteiger partial charge in [0.25, 0.3) is 5.91 Å². The van der Waals surface area contributed by atoms with Crippen molar-refractivity contribution in [3.05, 3.63) is 72.1 Å². The van der Waals surface area contributed by atoms with Crippen molar-refractivity contribution in [1.82, 2.24) is 9.78 Å². The maximum absolute atomic E-state index is 12.6. The van der Waals surface area contributed by atoms with E-state index in [0.29, 0.717) is 11.7 Å². The van der Waals surface area contributed by atoms with Gasteiger partial charge in [-0.2, -0.15) is 5.10 Å². The third-order valence-electron chi connectivity index (χ3n) is 4.90. The second-order valence-corrected chi connectivity index (χ2v) is 6.94. The van der Waals surface area contributed by atoms with Crippen LogP contribution < -0.4 is 10.1 Å². The second-order valence-electron chi connectivity index (χ2n) is 6.94. The van der Waals surface area contributed by atoms with E-state index in [2.05, 4.69) is 10.4 Å². The van der Waals surface area contributed by atoms with Crippen LogP contribution in [0.1, 0.15) is 41.7 Å². The number of ether oxygens (including phenoxy) is 1. The number of rotatable bonds is 5. The molecule has 5 heteroatoms. The Hall–Kier alpha value is -3.08. The van der Waals surface area contributed by atoms with Gasteiger partial charge < -0.3 is 10.1 Å². The lowest BCUT2D eigenvalue weighted by Gasteiger charge is -2.14. The van der Waals surface area contributed by atoms with Crippen molar-refractivity contribution in [3.63, 3.8) is 0 Å². The standard InChI is InChI=1S/C22H23N3O2/c1-16-13-14-23-25(16)19-11-9-17(10-12-19)22(26)24-18-5-4-8-21(15-18)27-20-6-2-3-7-20/h4-5,8-15,20H,2-3,6-7H2,1H3,(H,24,26). The quantitative estimate of drug-likeness (QED) is 0.713. The summed E-state index contributed by atoms with van der Waals surface area (Å²) >= 11 is 0. The molecule has 0 atom stereocenters. The summed E-state index contributed by atoms with van der Waals surface area (Å²) in [7, 11) is 0. The minimum atomic E-state index is -0.142. The summed E-state index contributed by atoms with van der Waals surface area (Å²) in [5.41, 5.74) is 3.32. The number of aryl methyl sites for hydroxylation is 1. The van der Waals surface area contributed by atoms with Crippen LogP contribution >= 0.6 is 0 Å². The summed E-state index contributed by atoms with van der Waals surface area (Å²) < 4.78 is 7.85. The molecule has 0 radical (unpaired) electrons. The fourth-order valence-corrected chi connectivity index (χ4v) is 3.44. The van der Waals surface area contributed by atoms with Crippen LogP contribution in [0.2, 0.25) is 0 Å². The lowest BCUT2D eigenvalue weighted by atomic mass is 10.2. The summed E-state index contributed by atoms with van der Waals surface area (Å²) in [5, 5.41) is 7.23. The molecule has 0 saturated heterocycles. The monoisotopic (exact) mass is 361 g/mol. The molecular formula is C22H23N3O2. The fraction of sp³-hybridized carbons (Fsp3) is 0.273. The van der Waals surface area contributed by atoms with Crippen LogP contribution in [0, 0.1) is 6.92 Å². The summed E-state index contributed by atoms with van der Waals surface area (Å²) in [4.78, 5) is 12.6. The van der Waals surface area contributed by atoms with Crippen molar-refractivity contribution < 1.29 is 9.53 Å². The highest BCUT2D eigenvalue weighted by molar-refractivity contribution is 6.04. The Morgan fingerprint density at radius 1 is 1.11 bits per heavy atom. The van der Waals surface area contributed by atoms with E-state index in [9.17, 15) is 4.79 Å². The molecule has 1 aromatic heterocycles. The van der Waals surface area contributed by atoms with Crippen molar-refractivity contribution in [1.29, 1.82) is 0 Å². The number of nitrogens with one attached hydrogen (secondary N) is 1. The number of anilines is 1. The van der Waals surface area contributed by atoms with Gasteiger partial charge in [-0.1, -0.05) is 6.07 Å². The highest BCUT2D eigenvalue weighted by Crippen LogP contribution is 2.26. The molecule has 1 N–H and O–H groups in total. The van der Waals surface area contributed by atoms with Gasteiger partial charge in [0, 0.05) is 29.2 Å². The van der Waals surface area contributed by atoms with E-state index >= 15 is 0 Å². The maximum Gasteiger partial charge on any atom is 0.255 e. The highest BCUT2D eigenvalue weighted by atomic mass is 16.5. The van der Waals surface area contributed by atoms with Crippen molar-refractivity contribution in [2.24, 2.45) is 0 Å². The van der Waals surface area contributed by atoms with E-state index in [-0.39, 0.29) is 5.91 Å². The Labute approximate surface area is 159 Å². The minimum absolute atomic E-state index is 0.142. The average molecular weight is 361 g/mol. The number of nitrogens with zero attached hydrogens (tertiary/aromatic N) is 2.